The Bertz CT molecular complexity index is 700. The minimum Gasteiger partial charge on any atom is -0.354 e. The van der Waals surface area contributed by atoms with Gasteiger partial charge in [0, 0.05) is 17.7 Å². The number of rotatable bonds is 5. The Morgan fingerprint density at radius 3 is 2.27 bits per heavy atom. The average molecular weight is 369 g/mol. The average Bonchev–Trinajstić information content (AvgIpc) is 2.63. The van der Waals surface area contributed by atoms with E-state index in [1.54, 1.807) is 0 Å². The fourth-order valence-corrected chi connectivity index (χ4v) is 4.41. The highest BCUT2D eigenvalue weighted by Crippen LogP contribution is 2.28. The molecule has 2 unspecified atom stereocenters. The Morgan fingerprint density at radius 2 is 1.58 bits per heavy atom. The summed E-state index contributed by atoms with van der Waals surface area (Å²) in [4.78, 5) is 0. The van der Waals surface area contributed by atoms with E-state index in [0.29, 0.717) is 12.1 Å². The molecule has 2 N–H and O–H groups in total. The lowest BCUT2D eigenvalue weighted by Gasteiger charge is -2.45. The second kappa shape index (κ2) is 8.65. The summed E-state index contributed by atoms with van der Waals surface area (Å²) in [5.41, 5.74) is 2.43. The Morgan fingerprint density at radius 1 is 0.962 bits per heavy atom. The smallest absolute Gasteiger partial charge is 0.171 e. The van der Waals surface area contributed by atoms with Crippen molar-refractivity contribution in [2.45, 2.75) is 44.3 Å². The molecule has 0 radical (unpaired) electrons. The molecular formula is C22H30N3S+. The maximum absolute atomic E-state index is 5.59. The zero-order valence-corrected chi connectivity index (χ0v) is 16.6. The molecule has 2 aromatic carbocycles. The van der Waals surface area contributed by atoms with Crippen LogP contribution in [0.15, 0.2) is 60.7 Å². The molecule has 3 nitrogen and oxygen atoms in total. The molecule has 1 aliphatic carbocycles. The Labute approximate surface area is 163 Å². The number of anilines is 1. The minimum atomic E-state index is 0.408. The van der Waals surface area contributed by atoms with Gasteiger partial charge in [0.25, 0.3) is 0 Å². The first-order valence-corrected chi connectivity index (χ1v) is 9.94. The molecule has 3 rings (SSSR count). The van der Waals surface area contributed by atoms with Gasteiger partial charge in [-0.1, -0.05) is 55.0 Å². The van der Waals surface area contributed by atoms with Crippen LogP contribution in [0.25, 0.3) is 0 Å². The van der Waals surface area contributed by atoms with Crippen LogP contribution in [0.4, 0.5) is 5.69 Å². The SMILES string of the molecule is C[N+](C)(Cc1ccccc1)C1CCCCC1NC(=S)Nc1ccccc1. The molecule has 0 heterocycles. The van der Waals surface area contributed by atoms with Crippen LogP contribution in [0.5, 0.6) is 0 Å². The third kappa shape index (κ3) is 5.05. The zero-order chi connectivity index (χ0) is 18.4. The minimum absolute atomic E-state index is 0.408. The van der Waals surface area contributed by atoms with E-state index >= 15 is 0 Å². The van der Waals surface area contributed by atoms with E-state index in [-0.39, 0.29) is 0 Å². The lowest BCUT2D eigenvalue weighted by Crippen LogP contribution is -2.60. The summed E-state index contributed by atoms with van der Waals surface area (Å²) < 4.78 is 0.982. The van der Waals surface area contributed by atoms with Gasteiger partial charge in [0.05, 0.1) is 20.1 Å². The summed E-state index contributed by atoms with van der Waals surface area (Å²) >= 11 is 5.59. The molecule has 0 bridgehead atoms. The largest absolute Gasteiger partial charge is 0.354 e. The van der Waals surface area contributed by atoms with Crippen molar-refractivity contribution >= 4 is 23.0 Å². The van der Waals surface area contributed by atoms with Crippen molar-refractivity contribution in [3.05, 3.63) is 66.2 Å². The van der Waals surface area contributed by atoms with E-state index in [2.05, 4.69) is 55.1 Å². The molecule has 0 spiro atoms. The van der Waals surface area contributed by atoms with E-state index < -0.39 is 0 Å². The summed E-state index contributed by atoms with van der Waals surface area (Å²) in [6.07, 6.45) is 4.99. The van der Waals surface area contributed by atoms with E-state index in [9.17, 15) is 0 Å². The number of para-hydroxylation sites is 1. The van der Waals surface area contributed by atoms with Crippen LogP contribution in [-0.2, 0) is 6.54 Å². The van der Waals surface area contributed by atoms with Crippen LogP contribution in [-0.4, -0.2) is 35.8 Å². The Balaban J connectivity index is 1.66. The van der Waals surface area contributed by atoms with Crippen LogP contribution < -0.4 is 10.6 Å². The highest BCUT2D eigenvalue weighted by atomic mass is 32.1. The number of hydrogen-bond donors (Lipinski definition) is 2. The van der Waals surface area contributed by atoms with E-state index in [1.165, 1.54) is 31.2 Å². The van der Waals surface area contributed by atoms with Gasteiger partial charge in [-0.3, -0.25) is 0 Å². The molecule has 2 aromatic rings. The molecule has 0 aliphatic heterocycles. The highest BCUT2D eigenvalue weighted by molar-refractivity contribution is 7.80. The zero-order valence-electron chi connectivity index (χ0n) is 15.8. The van der Waals surface area contributed by atoms with Gasteiger partial charge >= 0.3 is 0 Å². The van der Waals surface area contributed by atoms with Gasteiger partial charge < -0.3 is 15.1 Å². The van der Waals surface area contributed by atoms with Crippen LogP contribution >= 0.6 is 12.2 Å². The second-order valence-electron chi connectivity index (χ2n) is 7.85. The number of likely N-dealkylation sites (N-methyl/N-ethyl adjacent to an activating group) is 1. The lowest BCUT2D eigenvalue weighted by atomic mass is 9.87. The second-order valence-corrected chi connectivity index (χ2v) is 8.25. The van der Waals surface area contributed by atoms with Gasteiger partial charge in [-0.05, 0) is 37.2 Å². The predicted octanol–water partition coefficient (Wildman–Crippen LogP) is 4.56. The summed E-state index contributed by atoms with van der Waals surface area (Å²) in [6.45, 7) is 1.04. The number of quaternary nitrogens is 1. The molecule has 1 fully saturated rings. The number of hydrogen-bond acceptors (Lipinski definition) is 1. The normalized spacial score (nSPS) is 20.4. The van der Waals surface area contributed by atoms with Crippen molar-refractivity contribution < 1.29 is 4.48 Å². The highest BCUT2D eigenvalue weighted by Gasteiger charge is 2.37. The molecule has 0 aromatic heterocycles. The topological polar surface area (TPSA) is 24.1 Å². The monoisotopic (exact) mass is 368 g/mol. The fourth-order valence-electron chi connectivity index (χ4n) is 4.14. The molecule has 0 amide bonds. The number of nitrogens with one attached hydrogen (secondary N) is 2. The third-order valence-electron chi connectivity index (χ3n) is 5.41. The first-order valence-electron chi connectivity index (χ1n) is 9.54. The van der Waals surface area contributed by atoms with Crippen LogP contribution in [0.1, 0.15) is 31.2 Å². The molecule has 138 valence electrons. The number of nitrogens with zero attached hydrogens (tertiary/aromatic N) is 1. The van der Waals surface area contributed by atoms with E-state index in [0.717, 1.165) is 21.8 Å². The Hall–Kier alpha value is -1.91. The van der Waals surface area contributed by atoms with Gasteiger partial charge in [-0.15, -0.1) is 0 Å². The van der Waals surface area contributed by atoms with Crippen LogP contribution in [0, 0.1) is 0 Å². The molecule has 26 heavy (non-hydrogen) atoms. The van der Waals surface area contributed by atoms with Crippen LogP contribution in [0.2, 0.25) is 0 Å². The van der Waals surface area contributed by atoms with Gasteiger partial charge in [0.1, 0.15) is 12.6 Å². The molecule has 0 saturated heterocycles. The van der Waals surface area contributed by atoms with Crippen molar-refractivity contribution in [1.82, 2.24) is 5.32 Å². The van der Waals surface area contributed by atoms with Crippen molar-refractivity contribution in [2.75, 3.05) is 19.4 Å². The standard InChI is InChI=1S/C22H29N3S/c1-25(2,17-18-11-5-3-6-12-18)21-16-10-9-15-20(21)24-22(26)23-19-13-7-4-8-14-19/h3-8,11-14,20-21H,9-10,15-17H2,1-2H3,(H-,23,24,26)/p+1. The quantitative estimate of drug-likeness (QED) is 0.597. The summed E-state index contributed by atoms with van der Waals surface area (Å²) in [6, 6.07) is 21.9. The summed E-state index contributed by atoms with van der Waals surface area (Å²) in [5.74, 6) is 0. The van der Waals surface area contributed by atoms with E-state index in [1.807, 2.05) is 30.3 Å². The first-order chi connectivity index (χ1) is 12.5. The lowest BCUT2D eigenvalue weighted by molar-refractivity contribution is -0.930. The van der Waals surface area contributed by atoms with Crippen molar-refractivity contribution in [2.24, 2.45) is 0 Å². The van der Waals surface area contributed by atoms with Crippen molar-refractivity contribution in [3.63, 3.8) is 0 Å². The molecule has 1 saturated carbocycles. The fraction of sp³-hybridized carbons (Fsp3) is 0.409. The molecule has 2 atom stereocenters. The third-order valence-corrected chi connectivity index (χ3v) is 5.63. The predicted molar refractivity (Wildman–Crippen MR) is 114 cm³/mol. The molecule has 1 aliphatic rings. The van der Waals surface area contributed by atoms with Gasteiger partial charge in [0.2, 0.25) is 0 Å². The van der Waals surface area contributed by atoms with Crippen molar-refractivity contribution in [3.8, 4) is 0 Å². The maximum atomic E-state index is 5.59. The van der Waals surface area contributed by atoms with Gasteiger partial charge in [-0.2, -0.15) is 0 Å². The Kier molecular flexibility index (Phi) is 6.28. The summed E-state index contributed by atoms with van der Waals surface area (Å²) in [7, 11) is 4.71. The van der Waals surface area contributed by atoms with Gasteiger partial charge in [-0.25, -0.2) is 0 Å². The molecule has 4 heteroatoms. The van der Waals surface area contributed by atoms with Gasteiger partial charge in [0.15, 0.2) is 5.11 Å². The molecular weight excluding hydrogens is 338 g/mol. The summed E-state index contributed by atoms with van der Waals surface area (Å²) in [5, 5.41) is 7.67. The number of thiocarbonyl (C=S) groups is 1. The maximum Gasteiger partial charge on any atom is 0.171 e. The van der Waals surface area contributed by atoms with Crippen LogP contribution in [0.3, 0.4) is 0 Å². The van der Waals surface area contributed by atoms with Crippen molar-refractivity contribution in [1.29, 1.82) is 0 Å². The van der Waals surface area contributed by atoms with E-state index in [4.69, 9.17) is 12.2 Å². The number of benzene rings is 2. The first kappa shape index (κ1) is 18.9.